The molecule has 1 aliphatic rings. The van der Waals surface area contributed by atoms with E-state index < -0.39 is 5.82 Å². The molecule has 0 saturated carbocycles. The maximum absolute atomic E-state index is 14.5. The zero-order valence-electron chi connectivity index (χ0n) is 14.8. The molecule has 0 bridgehead atoms. The van der Waals surface area contributed by atoms with Gasteiger partial charge in [0.05, 0.1) is 24.8 Å². The molecular weight excluding hydrogens is 339 g/mol. The number of aromatic nitrogens is 5. The highest BCUT2D eigenvalue weighted by atomic mass is 19.1. The summed E-state index contributed by atoms with van der Waals surface area (Å²) in [6.07, 6.45) is 3.21. The fourth-order valence-electron chi connectivity index (χ4n) is 3.48. The normalized spacial score (nSPS) is 20.1. The maximum atomic E-state index is 14.5. The molecule has 3 aromatic rings. The number of halogens is 1. The minimum absolute atomic E-state index is 0.0557. The van der Waals surface area contributed by atoms with E-state index in [1.54, 1.807) is 23.9 Å². The number of hydrogen-bond acceptors (Lipinski definition) is 7. The van der Waals surface area contributed by atoms with Gasteiger partial charge in [0.1, 0.15) is 17.7 Å². The number of methoxy groups -OCH3 is 2. The molecule has 4 rings (SSSR count). The van der Waals surface area contributed by atoms with Gasteiger partial charge < -0.3 is 14.4 Å². The molecule has 0 amide bonds. The predicted octanol–water partition coefficient (Wildman–Crippen LogP) is 1.52. The molecule has 8 nitrogen and oxygen atoms in total. The van der Waals surface area contributed by atoms with E-state index in [2.05, 4.69) is 25.2 Å². The summed E-state index contributed by atoms with van der Waals surface area (Å²) in [4.78, 5) is 10.6. The molecule has 0 spiro atoms. The topological polar surface area (TPSA) is 78.2 Å². The molecule has 0 radical (unpaired) electrons. The van der Waals surface area contributed by atoms with Crippen molar-refractivity contribution in [2.45, 2.75) is 12.0 Å². The van der Waals surface area contributed by atoms with E-state index in [-0.39, 0.29) is 23.3 Å². The Hall–Kier alpha value is -2.81. The van der Waals surface area contributed by atoms with Crippen molar-refractivity contribution in [2.24, 2.45) is 7.05 Å². The SMILES string of the molecule is COc1ccc2c(N3C[C@@H](OC)[C@H](c4cn(C)nn4)C3)ncnc2c1F. The maximum Gasteiger partial charge on any atom is 0.191 e. The van der Waals surface area contributed by atoms with E-state index >= 15 is 0 Å². The lowest BCUT2D eigenvalue weighted by Crippen LogP contribution is -2.23. The van der Waals surface area contributed by atoms with Gasteiger partial charge in [-0.05, 0) is 12.1 Å². The van der Waals surface area contributed by atoms with Gasteiger partial charge in [-0.25, -0.2) is 14.4 Å². The number of nitrogens with zero attached hydrogens (tertiary/aromatic N) is 6. The summed E-state index contributed by atoms with van der Waals surface area (Å²) in [6.45, 7) is 1.27. The fourth-order valence-corrected chi connectivity index (χ4v) is 3.48. The average Bonchev–Trinajstić information content (AvgIpc) is 3.27. The summed E-state index contributed by atoms with van der Waals surface area (Å²) >= 11 is 0. The van der Waals surface area contributed by atoms with Gasteiger partial charge >= 0.3 is 0 Å². The third kappa shape index (κ3) is 2.64. The van der Waals surface area contributed by atoms with E-state index in [1.807, 2.05) is 13.2 Å². The standard InChI is InChI=1S/C17H19FN6O2/c1-23-7-12(21-22-23)11-6-24(8-14(11)26-3)17-10-4-5-13(25-2)15(18)16(10)19-9-20-17/h4-5,7,9,11,14H,6,8H2,1-3H3/t11-,14+/m0/s1. The summed E-state index contributed by atoms with van der Waals surface area (Å²) in [6, 6.07) is 3.37. The van der Waals surface area contributed by atoms with Crippen molar-refractivity contribution in [1.29, 1.82) is 0 Å². The number of fused-ring (bicyclic) bond motifs is 1. The second kappa shape index (κ2) is 6.49. The van der Waals surface area contributed by atoms with Crippen molar-refractivity contribution in [3.8, 4) is 5.75 Å². The molecule has 1 fully saturated rings. The van der Waals surface area contributed by atoms with Crippen molar-refractivity contribution in [1.82, 2.24) is 25.0 Å². The summed E-state index contributed by atoms with van der Waals surface area (Å²) in [7, 11) is 4.95. The van der Waals surface area contributed by atoms with Crippen LogP contribution in [0.2, 0.25) is 0 Å². The highest BCUT2D eigenvalue weighted by Crippen LogP contribution is 2.35. The quantitative estimate of drug-likeness (QED) is 0.700. The van der Waals surface area contributed by atoms with Crippen LogP contribution >= 0.6 is 0 Å². The third-order valence-electron chi connectivity index (χ3n) is 4.78. The van der Waals surface area contributed by atoms with Gasteiger partial charge in [0, 0.05) is 38.8 Å². The summed E-state index contributed by atoms with van der Waals surface area (Å²) < 4.78 is 26.9. The van der Waals surface area contributed by atoms with Crippen LogP contribution in [-0.2, 0) is 11.8 Å². The van der Waals surface area contributed by atoms with E-state index in [9.17, 15) is 4.39 Å². The smallest absolute Gasteiger partial charge is 0.191 e. The minimum Gasteiger partial charge on any atom is -0.494 e. The Bertz CT molecular complexity index is 946. The average molecular weight is 358 g/mol. The lowest BCUT2D eigenvalue weighted by molar-refractivity contribution is 0.105. The van der Waals surface area contributed by atoms with Crippen molar-refractivity contribution in [3.05, 3.63) is 36.2 Å². The Balaban J connectivity index is 1.73. The summed E-state index contributed by atoms with van der Waals surface area (Å²) in [5, 5.41) is 8.87. The molecule has 0 unspecified atom stereocenters. The number of rotatable bonds is 4. The van der Waals surface area contributed by atoms with Crippen LogP contribution < -0.4 is 9.64 Å². The van der Waals surface area contributed by atoms with Gasteiger partial charge in [0.15, 0.2) is 11.6 Å². The van der Waals surface area contributed by atoms with Gasteiger partial charge in [-0.1, -0.05) is 5.21 Å². The summed E-state index contributed by atoms with van der Waals surface area (Å²) in [5.41, 5.74) is 1.11. The third-order valence-corrected chi connectivity index (χ3v) is 4.78. The number of benzene rings is 1. The largest absolute Gasteiger partial charge is 0.494 e. The zero-order chi connectivity index (χ0) is 18.3. The first-order valence-electron chi connectivity index (χ1n) is 8.23. The first-order chi connectivity index (χ1) is 12.6. The predicted molar refractivity (Wildman–Crippen MR) is 92.8 cm³/mol. The molecule has 136 valence electrons. The molecule has 1 aromatic carbocycles. The molecule has 2 aromatic heterocycles. The van der Waals surface area contributed by atoms with Crippen molar-refractivity contribution in [2.75, 3.05) is 32.2 Å². The number of ether oxygens (including phenoxy) is 2. The van der Waals surface area contributed by atoms with Crippen LogP contribution in [0.15, 0.2) is 24.7 Å². The Labute approximate surface area is 149 Å². The molecular formula is C17H19FN6O2. The highest BCUT2D eigenvalue weighted by Gasteiger charge is 2.37. The Morgan fingerprint density at radius 2 is 2.04 bits per heavy atom. The molecule has 0 N–H and O–H groups in total. The number of hydrogen-bond donors (Lipinski definition) is 0. The first-order valence-corrected chi connectivity index (χ1v) is 8.23. The molecule has 1 aliphatic heterocycles. The molecule has 1 saturated heterocycles. The van der Waals surface area contributed by atoms with Crippen LogP contribution in [0, 0.1) is 5.82 Å². The van der Waals surface area contributed by atoms with Crippen LogP contribution in [0.4, 0.5) is 10.2 Å². The van der Waals surface area contributed by atoms with E-state index in [4.69, 9.17) is 9.47 Å². The van der Waals surface area contributed by atoms with Crippen LogP contribution in [-0.4, -0.2) is 58.4 Å². The molecule has 3 heterocycles. The van der Waals surface area contributed by atoms with Crippen LogP contribution in [0.1, 0.15) is 11.6 Å². The lowest BCUT2D eigenvalue weighted by Gasteiger charge is -2.19. The Morgan fingerprint density at radius 1 is 1.19 bits per heavy atom. The molecule has 2 atom stereocenters. The van der Waals surface area contributed by atoms with Crippen molar-refractivity contribution in [3.63, 3.8) is 0 Å². The van der Waals surface area contributed by atoms with Gasteiger partial charge in [-0.15, -0.1) is 5.10 Å². The molecule has 9 heteroatoms. The number of aryl methyl sites for hydroxylation is 1. The Kier molecular flexibility index (Phi) is 4.15. The molecule has 26 heavy (non-hydrogen) atoms. The first kappa shape index (κ1) is 16.6. The van der Waals surface area contributed by atoms with Gasteiger partial charge in [-0.2, -0.15) is 0 Å². The zero-order valence-corrected chi connectivity index (χ0v) is 14.8. The van der Waals surface area contributed by atoms with E-state index in [1.165, 1.54) is 13.4 Å². The van der Waals surface area contributed by atoms with Gasteiger partial charge in [-0.3, -0.25) is 4.68 Å². The number of anilines is 1. The van der Waals surface area contributed by atoms with E-state index in [0.717, 1.165) is 5.69 Å². The van der Waals surface area contributed by atoms with Gasteiger partial charge in [0.2, 0.25) is 0 Å². The lowest BCUT2D eigenvalue weighted by atomic mass is 10.0. The molecule has 0 aliphatic carbocycles. The minimum atomic E-state index is -0.485. The van der Waals surface area contributed by atoms with Crippen LogP contribution in [0.5, 0.6) is 5.75 Å². The van der Waals surface area contributed by atoms with Crippen molar-refractivity contribution < 1.29 is 13.9 Å². The van der Waals surface area contributed by atoms with Gasteiger partial charge in [0.25, 0.3) is 0 Å². The fraction of sp³-hybridized carbons (Fsp3) is 0.412. The van der Waals surface area contributed by atoms with Crippen LogP contribution in [0.3, 0.4) is 0 Å². The monoisotopic (exact) mass is 358 g/mol. The van der Waals surface area contributed by atoms with Crippen molar-refractivity contribution >= 4 is 16.7 Å². The second-order valence-corrected chi connectivity index (χ2v) is 6.28. The summed E-state index contributed by atoms with van der Waals surface area (Å²) in [5.74, 6) is 0.407. The van der Waals surface area contributed by atoms with E-state index in [0.29, 0.717) is 24.3 Å². The highest BCUT2D eigenvalue weighted by molar-refractivity contribution is 5.91. The Morgan fingerprint density at radius 3 is 2.73 bits per heavy atom. The second-order valence-electron chi connectivity index (χ2n) is 6.28. The van der Waals surface area contributed by atoms with Crippen LogP contribution in [0.25, 0.3) is 10.9 Å².